The Kier molecular flexibility index (Phi) is 6.93. The summed E-state index contributed by atoms with van der Waals surface area (Å²) >= 11 is 0. The van der Waals surface area contributed by atoms with Crippen molar-refractivity contribution in [2.24, 2.45) is 0 Å². The van der Waals surface area contributed by atoms with Crippen molar-refractivity contribution < 1.29 is 14.4 Å². The molecule has 3 aliphatic heterocycles. The lowest BCUT2D eigenvalue weighted by atomic mass is 10.0. The molecule has 40 heavy (non-hydrogen) atoms. The van der Waals surface area contributed by atoms with Crippen molar-refractivity contribution >= 4 is 28.5 Å². The number of imidazole rings is 1. The van der Waals surface area contributed by atoms with Crippen molar-refractivity contribution in [2.75, 3.05) is 31.5 Å². The number of fused-ring (bicyclic) bond motifs is 2. The number of hydrogen-bond acceptors (Lipinski definition) is 8. The zero-order valence-electron chi connectivity index (χ0n) is 23.1. The number of hydrogen-bond donors (Lipinski definition) is 4. The van der Waals surface area contributed by atoms with Gasteiger partial charge in [-0.1, -0.05) is 0 Å². The van der Waals surface area contributed by atoms with Crippen molar-refractivity contribution in [2.45, 2.75) is 58.5 Å². The Bertz CT molecular complexity index is 1510. The summed E-state index contributed by atoms with van der Waals surface area (Å²) in [5.41, 5.74) is 6.70. The Balaban J connectivity index is 1.23. The van der Waals surface area contributed by atoms with Crippen LogP contribution in [0.25, 0.3) is 22.4 Å². The van der Waals surface area contributed by atoms with Crippen LogP contribution in [0.4, 0.5) is 5.69 Å². The molecule has 11 heteroatoms. The van der Waals surface area contributed by atoms with Gasteiger partial charge in [0.15, 0.2) is 0 Å². The number of carbonyl (C=O) groups excluding carboxylic acids is 2. The molecule has 0 radical (unpaired) electrons. The number of nitrogens with one attached hydrogen (secondary N) is 4. The van der Waals surface area contributed by atoms with Crippen molar-refractivity contribution in [3.05, 3.63) is 57.2 Å². The van der Waals surface area contributed by atoms with Crippen LogP contribution in [0.1, 0.15) is 67.2 Å². The van der Waals surface area contributed by atoms with Crippen LogP contribution in [0, 0.1) is 0 Å². The third kappa shape index (κ3) is 4.79. The van der Waals surface area contributed by atoms with Crippen LogP contribution in [-0.2, 0) is 4.84 Å². The van der Waals surface area contributed by atoms with Gasteiger partial charge in [-0.05, 0) is 89.9 Å². The van der Waals surface area contributed by atoms with Crippen molar-refractivity contribution in [3.8, 4) is 11.4 Å². The Morgan fingerprint density at radius 1 is 1.12 bits per heavy atom. The minimum atomic E-state index is -0.297. The minimum Gasteiger partial charge on any atom is -0.413 e. The quantitative estimate of drug-likeness (QED) is 0.301. The molecule has 2 aromatic heterocycles. The van der Waals surface area contributed by atoms with E-state index >= 15 is 0 Å². The van der Waals surface area contributed by atoms with Gasteiger partial charge < -0.3 is 25.0 Å². The second kappa shape index (κ2) is 10.5. The molecule has 6 rings (SSSR count). The molecule has 0 spiro atoms. The minimum absolute atomic E-state index is 0.0105. The van der Waals surface area contributed by atoms with Crippen LogP contribution >= 0.6 is 0 Å². The zero-order valence-corrected chi connectivity index (χ0v) is 23.1. The number of H-pyrrole nitrogens is 2. The number of carbonyl (C=O) groups is 2. The number of aromatic nitrogens is 3. The summed E-state index contributed by atoms with van der Waals surface area (Å²) in [6.45, 7) is 9.50. The third-order valence-corrected chi connectivity index (χ3v) is 8.12. The first-order chi connectivity index (χ1) is 19.3. The molecule has 0 aliphatic carbocycles. The molecule has 3 aromatic rings. The highest BCUT2D eigenvalue weighted by Crippen LogP contribution is 2.31. The number of anilines is 1. The highest BCUT2D eigenvalue weighted by molar-refractivity contribution is 6.22. The number of allylic oxidation sites excluding steroid dienone is 1. The molecule has 2 amide bonds. The predicted octanol–water partition coefficient (Wildman–Crippen LogP) is 3.39. The van der Waals surface area contributed by atoms with Crippen molar-refractivity contribution in [1.82, 2.24) is 30.2 Å². The van der Waals surface area contributed by atoms with Gasteiger partial charge in [0.2, 0.25) is 0 Å². The van der Waals surface area contributed by atoms with Crippen molar-refractivity contribution in [3.63, 3.8) is 0 Å². The van der Waals surface area contributed by atoms with Gasteiger partial charge in [0, 0.05) is 18.8 Å². The topological polar surface area (TPSA) is 135 Å². The van der Waals surface area contributed by atoms with Crippen molar-refractivity contribution in [1.29, 1.82) is 0 Å². The first-order valence-electron chi connectivity index (χ1n) is 14.0. The van der Waals surface area contributed by atoms with Gasteiger partial charge in [0.05, 0.1) is 33.9 Å². The predicted molar refractivity (Wildman–Crippen MR) is 152 cm³/mol. The first kappa shape index (κ1) is 26.3. The highest BCUT2D eigenvalue weighted by atomic mass is 16.7. The zero-order chi connectivity index (χ0) is 28.0. The number of rotatable bonds is 9. The van der Waals surface area contributed by atoms with E-state index in [9.17, 15) is 14.4 Å². The Morgan fingerprint density at radius 2 is 1.88 bits per heavy atom. The lowest BCUT2D eigenvalue weighted by Crippen LogP contribution is -2.33. The van der Waals surface area contributed by atoms with E-state index in [4.69, 9.17) is 4.84 Å². The summed E-state index contributed by atoms with van der Waals surface area (Å²) in [5.74, 6) is 0.669. The average molecular weight is 546 g/mol. The lowest BCUT2D eigenvalue weighted by Gasteiger charge is -2.18. The van der Waals surface area contributed by atoms with E-state index < -0.39 is 0 Å². The van der Waals surface area contributed by atoms with E-state index in [0.29, 0.717) is 45.8 Å². The van der Waals surface area contributed by atoms with Crippen LogP contribution < -0.4 is 16.4 Å². The molecule has 4 N–H and O–H groups in total. The van der Waals surface area contributed by atoms with E-state index in [1.54, 1.807) is 18.3 Å². The molecule has 0 saturated carbocycles. The monoisotopic (exact) mass is 545 g/mol. The molecule has 210 valence electrons. The first-order valence-corrected chi connectivity index (χ1v) is 14.0. The van der Waals surface area contributed by atoms with Gasteiger partial charge in [-0.15, -0.1) is 0 Å². The standard InChI is InChI=1S/C29H35N7O4/c1-16(13-19-17(2)34-40-18(19)3)31-22-7-8-30-27(37)25(22)26-32-23-14-20-21(15-24(23)33-26)29(39)36(28(20)38)12-6-11-35-9-4-5-10-35/h7-8,14-17,34H,4-6,9-13H2,1-3H3,(H,32,33)(H2,30,31,37). The summed E-state index contributed by atoms with van der Waals surface area (Å²) in [7, 11) is 0. The van der Waals surface area contributed by atoms with Gasteiger partial charge in [0.1, 0.15) is 17.1 Å². The molecule has 2 unspecified atom stereocenters. The van der Waals surface area contributed by atoms with E-state index in [1.165, 1.54) is 23.3 Å². The van der Waals surface area contributed by atoms with Gasteiger partial charge in [-0.25, -0.2) is 4.98 Å². The van der Waals surface area contributed by atoms with Gasteiger partial charge in [-0.3, -0.25) is 19.3 Å². The highest BCUT2D eigenvalue weighted by Gasteiger charge is 2.36. The summed E-state index contributed by atoms with van der Waals surface area (Å²) < 4.78 is 0. The third-order valence-electron chi connectivity index (χ3n) is 8.12. The lowest BCUT2D eigenvalue weighted by molar-refractivity contribution is 0.0648. The van der Waals surface area contributed by atoms with Crippen LogP contribution in [-0.4, -0.2) is 74.8 Å². The Hall–Kier alpha value is -3.96. The number of likely N-dealkylation sites (tertiary alicyclic amines) is 1. The van der Waals surface area contributed by atoms with Gasteiger partial charge >= 0.3 is 0 Å². The molecule has 2 atom stereocenters. The number of pyridine rings is 1. The second-order valence-electron chi connectivity index (χ2n) is 11.0. The molecule has 1 fully saturated rings. The smallest absolute Gasteiger partial charge is 0.261 e. The van der Waals surface area contributed by atoms with E-state index in [2.05, 4.69) is 30.6 Å². The molecule has 0 bridgehead atoms. The molecule has 5 heterocycles. The number of nitrogens with zero attached hydrogens (tertiary/aromatic N) is 3. The maximum Gasteiger partial charge on any atom is 0.261 e. The Labute approximate surface area is 231 Å². The van der Waals surface area contributed by atoms with E-state index in [-0.39, 0.29) is 29.5 Å². The molecule has 11 nitrogen and oxygen atoms in total. The number of hydroxylamine groups is 1. The van der Waals surface area contributed by atoms with Crippen LogP contribution in [0.5, 0.6) is 0 Å². The van der Waals surface area contributed by atoms with Crippen LogP contribution in [0.15, 0.2) is 40.5 Å². The molecule has 1 aromatic carbocycles. The number of aromatic amines is 2. The summed E-state index contributed by atoms with van der Waals surface area (Å²) in [4.78, 5) is 59.1. The van der Waals surface area contributed by atoms with Crippen LogP contribution in [0.2, 0.25) is 0 Å². The summed E-state index contributed by atoms with van der Waals surface area (Å²) in [5, 5.41) is 3.45. The number of amides is 2. The molecule has 1 saturated heterocycles. The van der Waals surface area contributed by atoms with Crippen LogP contribution in [0.3, 0.4) is 0 Å². The Morgan fingerprint density at radius 3 is 2.60 bits per heavy atom. The van der Waals surface area contributed by atoms with Gasteiger partial charge in [-0.2, -0.15) is 5.48 Å². The second-order valence-corrected chi connectivity index (χ2v) is 11.0. The summed E-state index contributed by atoms with van der Waals surface area (Å²) in [6.07, 6.45) is 5.52. The maximum absolute atomic E-state index is 13.1. The fraction of sp³-hybridized carbons (Fsp3) is 0.448. The summed E-state index contributed by atoms with van der Waals surface area (Å²) in [6, 6.07) is 5.27. The maximum atomic E-state index is 13.1. The average Bonchev–Trinajstić information content (AvgIpc) is 3.70. The molecular weight excluding hydrogens is 510 g/mol. The largest absolute Gasteiger partial charge is 0.413 e. The van der Waals surface area contributed by atoms with Gasteiger partial charge in [0.25, 0.3) is 17.4 Å². The fourth-order valence-electron chi connectivity index (χ4n) is 5.99. The number of imide groups is 1. The SMILES string of the molecule is CC1=C(CC(C)Nc2cc[nH]c(=O)c2-c2nc3cc4c(cc3[nH]2)C(=O)N(CCCN2CCCC2)C4=O)C(C)NO1. The molecule has 3 aliphatic rings. The van der Waals surface area contributed by atoms with E-state index in [0.717, 1.165) is 38.2 Å². The van der Waals surface area contributed by atoms with E-state index in [1.807, 2.05) is 26.8 Å². The molecular formula is C29H35N7O4. The number of benzene rings is 1. The fourth-order valence-corrected chi connectivity index (χ4v) is 5.99. The normalized spacial score (nSPS) is 20.1.